The van der Waals surface area contributed by atoms with Gasteiger partial charge < -0.3 is 9.88 Å². The standard InChI is InChI=1S/C22H27FN4O/c1-3-17-6-4-10-27(17)11-5-7-22(28)20-14-21(26(2)25-20)19-13-15-12-16(23)8-9-18(15)24-19/h8-9,12-14,17,24H,3-7,10-11H2,1-2H3/t17-/m1/s1. The summed E-state index contributed by atoms with van der Waals surface area (Å²) in [6.45, 7) is 4.38. The number of nitrogens with zero attached hydrogens (tertiary/aromatic N) is 3. The number of halogens is 1. The van der Waals surface area contributed by atoms with Crippen LogP contribution in [-0.2, 0) is 7.05 Å². The van der Waals surface area contributed by atoms with E-state index in [9.17, 15) is 9.18 Å². The molecule has 28 heavy (non-hydrogen) atoms. The first-order valence-corrected chi connectivity index (χ1v) is 10.1. The number of H-pyrrole nitrogens is 1. The summed E-state index contributed by atoms with van der Waals surface area (Å²) in [6, 6.07) is 9.06. The molecule has 6 heteroatoms. The molecule has 148 valence electrons. The maximum Gasteiger partial charge on any atom is 0.183 e. The molecule has 1 aliphatic heterocycles. The highest BCUT2D eigenvalue weighted by molar-refractivity contribution is 5.95. The number of nitrogens with one attached hydrogen (secondary N) is 1. The lowest BCUT2D eigenvalue weighted by atomic mass is 10.1. The van der Waals surface area contributed by atoms with Gasteiger partial charge in [0.1, 0.15) is 11.5 Å². The molecule has 3 heterocycles. The van der Waals surface area contributed by atoms with E-state index in [0.717, 1.165) is 41.8 Å². The Hall–Kier alpha value is -2.47. The Balaban J connectivity index is 1.43. The molecule has 1 aliphatic rings. The number of hydrogen-bond acceptors (Lipinski definition) is 3. The predicted molar refractivity (Wildman–Crippen MR) is 109 cm³/mol. The van der Waals surface area contributed by atoms with E-state index in [2.05, 4.69) is 21.9 Å². The smallest absolute Gasteiger partial charge is 0.183 e. The molecule has 5 nitrogen and oxygen atoms in total. The maximum atomic E-state index is 13.4. The van der Waals surface area contributed by atoms with Crippen LogP contribution in [0, 0.1) is 5.82 Å². The normalized spacial score (nSPS) is 17.6. The number of aromatic amines is 1. The molecule has 0 aliphatic carbocycles. The van der Waals surface area contributed by atoms with Gasteiger partial charge in [-0.25, -0.2) is 4.39 Å². The second-order valence-corrected chi connectivity index (χ2v) is 7.72. The summed E-state index contributed by atoms with van der Waals surface area (Å²) in [4.78, 5) is 18.4. The van der Waals surface area contributed by atoms with Crippen molar-refractivity contribution in [3.8, 4) is 11.4 Å². The minimum Gasteiger partial charge on any atom is -0.353 e. The molecule has 1 saturated heterocycles. The lowest BCUT2D eigenvalue weighted by Gasteiger charge is -2.22. The summed E-state index contributed by atoms with van der Waals surface area (Å²) >= 11 is 0. The van der Waals surface area contributed by atoms with Crippen molar-refractivity contribution in [3.63, 3.8) is 0 Å². The third-order valence-corrected chi connectivity index (χ3v) is 5.84. The fourth-order valence-corrected chi connectivity index (χ4v) is 4.32. The Morgan fingerprint density at radius 3 is 3.00 bits per heavy atom. The minimum atomic E-state index is -0.262. The maximum absolute atomic E-state index is 13.4. The van der Waals surface area contributed by atoms with Crippen LogP contribution in [0.3, 0.4) is 0 Å². The summed E-state index contributed by atoms with van der Waals surface area (Å²) in [5.41, 5.74) is 3.01. The van der Waals surface area contributed by atoms with Crippen molar-refractivity contribution in [2.75, 3.05) is 13.1 Å². The molecular formula is C22H27FN4O. The lowest BCUT2D eigenvalue weighted by molar-refractivity contribution is 0.0968. The molecular weight excluding hydrogens is 355 g/mol. The molecule has 1 fully saturated rings. The molecule has 1 aromatic carbocycles. The van der Waals surface area contributed by atoms with E-state index in [-0.39, 0.29) is 11.6 Å². The van der Waals surface area contributed by atoms with E-state index in [1.165, 1.54) is 31.4 Å². The number of benzene rings is 1. The van der Waals surface area contributed by atoms with Crippen LogP contribution in [0.2, 0.25) is 0 Å². The van der Waals surface area contributed by atoms with E-state index in [1.54, 1.807) is 10.7 Å². The molecule has 1 N–H and O–H groups in total. The zero-order valence-corrected chi connectivity index (χ0v) is 16.5. The van der Waals surface area contributed by atoms with Gasteiger partial charge in [-0.1, -0.05) is 6.92 Å². The third kappa shape index (κ3) is 3.74. The molecule has 4 rings (SSSR count). The van der Waals surface area contributed by atoms with Crippen LogP contribution in [0.15, 0.2) is 30.3 Å². The highest BCUT2D eigenvalue weighted by Gasteiger charge is 2.22. The molecule has 0 bridgehead atoms. The lowest BCUT2D eigenvalue weighted by Crippen LogP contribution is -2.30. The molecule has 0 saturated carbocycles. The number of aryl methyl sites for hydroxylation is 1. The van der Waals surface area contributed by atoms with E-state index < -0.39 is 0 Å². The van der Waals surface area contributed by atoms with Crippen molar-refractivity contribution in [1.29, 1.82) is 0 Å². The molecule has 0 unspecified atom stereocenters. The highest BCUT2D eigenvalue weighted by atomic mass is 19.1. The Kier molecular flexibility index (Phi) is 5.31. The van der Waals surface area contributed by atoms with Crippen molar-refractivity contribution in [3.05, 3.63) is 41.8 Å². The van der Waals surface area contributed by atoms with E-state index in [0.29, 0.717) is 18.2 Å². The van der Waals surface area contributed by atoms with Gasteiger partial charge in [0, 0.05) is 30.4 Å². The molecule has 0 radical (unpaired) electrons. The number of likely N-dealkylation sites (tertiary alicyclic amines) is 1. The van der Waals surface area contributed by atoms with Gasteiger partial charge in [0.05, 0.1) is 11.4 Å². The first-order valence-electron chi connectivity index (χ1n) is 10.1. The first kappa shape index (κ1) is 18.9. The summed E-state index contributed by atoms with van der Waals surface area (Å²) in [6.07, 6.45) is 5.12. The highest BCUT2D eigenvalue weighted by Crippen LogP contribution is 2.26. The van der Waals surface area contributed by atoms with Crippen molar-refractivity contribution in [2.45, 2.75) is 45.1 Å². The topological polar surface area (TPSA) is 53.9 Å². The number of hydrogen-bond donors (Lipinski definition) is 1. The van der Waals surface area contributed by atoms with Crippen LogP contribution >= 0.6 is 0 Å². The van der Waals surface area contributed by atoms with E-state index in [4.69, 9.17) is 0 Å². The van der Waals surface area contributed by atoms with Crippen LogP contribution in [0.4, 0.5) is 4.39 Å². The van der Waals surface area contributed by atoms with E-state index >= 15 is 0 Å². The number of carbonyl (C=O) groups excluding carboxylic acids is 1. The molecule has 0 amide bonds. The summed E-state index contributed by atoms with van der Waals surface area (Å²) < 4.78 is 15.1. The minimum absolute atomic E-state index is 0.0799. The van der Waals surface area contributed by atoms with Crippen molar-refractivity contribution in [2.24, 2.45) is 7.05 Å². The van der Waals surface area contributed by atoms with Crippen LogP contribution < -0.4 is 0 Å². The first-order chi connectivity index (χ1) is 13.5. The largest absolute Gasteiger partial charge is 0.353 e. The van der Waals surface area contributed by atoms with Crippen molar-refractivity contribution >= 4 is 16.7 Å². The molecule has 0 spiro atoms. The van der Waals surface area contributed by atoms with Crippen LogP contribution in [0.1, 0.15) is 49.5 Å². The number of Topliss-reactive ketones (excluding diaryl/α,β-unsaturated/α-hetero) is 1. The fourth-order valence-electron chi connectivity index (χ4n) is 4.32. The van der Waals surface area contributed by atoms with E-state index in [1.807, 2.05) is 19.2 Å². The number of ketones is 1. The van der Waals surface area contributed by atoms with Gasteiger partial charge in [-0.15, -0.1) is 0 Å². The van der Waals surface area contributed by atoms with Gasteiger partial charge in [0.2, 0.25) is 0 Å². The predicted octanol–water partition coefficient (Wildman–Crippen LogP) is 4.54. The Labute approximate surface area is 164 Å². The Morgan fingerprint density at radius 2 is 2.18 bits per heavy atom. The number of carbonyl (C=O) groups is 1. The van der Waals surface area contributed by atoms with Gasteiger partial charge in [-0.05, 0) is 69.1 Å². The summed E-state index contributed by atoms with van der Waals surface area (Å²) in [7, 11) is 1.83. The summed E-state index contributed by atoms with van der Waals surface area (Å²) in [5.74, 6) is -0.182. The van der Waals surface area contributed by atoms with Gasteiger partial charge in [-0.3, -0.25) is 9.48 Å². The van der Waals surface area contributed by atoms with Gasteiger partial charge >= 0.3 is 0 Å². The zero-order chi connectivity index (χ0) is 19.7. The number of aromatic nitrogens is 3. The summed E-state index contributed by atoms with van der Waals surface area (Å²) in [5, 5.41) is 5.22. The second kappa shape index (κ2) is 7.87. The van der Waals surface area contributed by atoms with Crippen LogP contribution in [0.5, 0.6) is 0 Å². The average Bonchev–Trinajstić information content (AvgIpc) is 3.38. The van der Waals surface area contributed by atoms with Crippen LogP contribution in [0.25, 0.3) is 22.3 Å². The van der Waals surface area contributed by atoms with Gasteiger partial charge in [-0.2, -0.15) is 5.10 Å². The average molecular weight is 382 g/mol. The number of rotatable bonds is 7. The fraction of sp³-hybridized carbons (Fsp3) is 0.455. The molecule has 2 aromatic heterocycles. The zero-order valence-electron chi connectivity index (χ0n) is 16.5. The van der Waals surface area contributed by atoms with Crippen LogP contribution in [-0.4, -0.2) is 44.6 Å². The number of fused-ring (bicyclic) bond motifs is 1. The Morgan fingerprint density at radius 1 is 1.32 bits per heavy atom. The monoisotopic (exact) mass is 382 g/mol. The second-order valence-electron chi connectivity index (χ2n) is 7.72. The SMILES string of the molecule is CC[C@@H]1CCCN1CCCC(=O)c1cc(-c2cc3cc(F)ccc3[nH]2)n(C)n1. The van der Waals surface area contributed by atoms with Crippen molar-refractivity contribution in [1.82, 2.24) is 19.7 Å². The molecule has 1 atom stereocenters. The van der Waals surface area contributed by atoms with Gasteiger partial charge in [0.15, 0.2) is 5.78 Å². The molecule has 3 aromatic rings. The van der Waals surface area contributed by atoms with Crippen molar-refractivity contribution < 1.29 is 9.18 Å². The quantitative estimate of drug-likeness (QED) is 0.610. The Bertz CT molecular complexity index is 990. The third-order valence-electron chi connectivity index (χ3n) is 5.84. The van der Waals surface area contributed by atoms with Gasteiger partial charge in [0.25, 0.3) is 0 Å².